The highest BCUT2D eigenvalue weighted by atomic mass is 35.5. The number of H-pyrrole nitrogens is 1. The molecule has 2 aromatic carbocycles. The molecule has 6 heteroatoms. The lowest BCUT2D eigenvalue weighted by Crippen LogP contribution is -2.33. The number of aromatic nitrogens is 2. The number of fused-ring (bicyclic) bond motifs is 1. The maximum absolute atomic E-state index is 12.5. The molecule has 0 bridgehead atoms. The normalized spacial score (nSPS) is 11.0. The fraction of sp³-hybridized carbons (Fsp3) is 0.0667. The number of aryl methyl sites for hydroxylation is 1. The Morgan fingerprint density at radius 3 is 2.48 bits per heavy atom. The van der Waals surface area contributed by atoms with Crippen molar-refractivity contribution >= 4 is 34.1 Å². The zero-order valence-corrected chi connectivity index (χ0v) is 12.5. The van der Waals surface area contributed by atoms with Gasteiger partial charge in [-0.15, -0.1) is 0 Å². The Hall–Kier alpha value is -2.04. The molecule has 0 aliphatic rings. The molecule has 0 aliphatic carbocycles. The van der Waals surface area contributed by atoms with Gasteiger partial charge in [0.2, 0.25) is 0 Å². The number of hydrogen-bond donors (Lipinski definition) is 1. The van der Waals surface area contributed by atoms with Crippen LogP contribution in [-0.2, 0) is 0 Å². The molecule has 3 rings (SSSR count). The summed E-state index contributed by atoms with van der Waals surface area (Å²) in [6, 6.07) is 9.88. The zero-order valence-electron chi connectivity index (χ0n) is 11.0. The van der Waals surface area contributed by atoms with E-state index >= 15 is 0 Å². The third-order valence-corrected chi connectivity index (χ3v) is 3.95. The summed E-state index contributed by atoms with van der Waals surface area (Å²) in [6.45, 7) is 1.89. The van der Waals surface area contributed by atoms with Crippen LogP contribution in [0, 0.1) is 6.92 Å². The van der Waals surface area contributed by atoms with E-state index in [1.54, 1.807) is 24.3 Å². The number of nitrogens with one attached hydrogen (secondary N) is 1. The van der Waals surface area contributed by atoms with Crippen LogP contribution in [0.1, 0.15) is 5.56 Å². The van der Waals surface area contributed by atoms with Crippen LogP contribution >= 0.6 is 23.2 Å². The number of halogens is 2. The highest BCUT2D eigenvalue weighted by molar-refractivity contribution is 6.42. The van der Waals surface area contributed by atoms with Crippen molar-refractivity contribution in [2.24, 2.45) is 0 Å². The first-order valence-corrected chi connectivity index (χ1v) is 6.94. The van der Waals surface area contributed by atoms with Gasteiger partial charge in [0.1, 0.15) is 0 Å². The molecule has 1 aromatic heterocycles. The van der Waals surface area contributed by atoms with Gasteiger partial charge in [0.05, 0.1) is 26.6 Å². The summed E-state index contributed by atoms with van der Waals surface area (Å²) in [4.78, 5) is 27.4. The molecule has 0 saturated heterocycles. The molecule has 0 spiro atoms. The van der Waals surface area contributed by atoms with Crippen molar-refractivity contribution in [2.45, 2.75) is 6.92 Å². The van der Waals surface area contributed by atoms with E-state index in [1.807, 2.05) is 13.0 Å². The summed E-state index contributed by atoms with van der Waals surface area (Å²) in [5.41, 5.74) is 0.938. The average Bonchev–Trinajstić information content (AvgIpc) is 2.42. The average molecular weight is 321 g/mol. The second-order valence-electron chi connectivity index (χ2n) is 4.72. The Bertz CT molecular complexity index is 974. The monoisotopic (exact) mass is 320 g/mol. The summed E-state index contributed by atoms with van der Waals surface area (Å²) in [6.07, 6.45) is 0. The lowest BCUT2D eigenvalue weighted by atomic mass is 10.2. The summed E-state index contributed by atoms with van der Waals surface area (Å²) >= 11 is 11.8. The zero-order chi connectivity index (χ0) is 15.1. The molecule has 1 N–H and O–H groups in total. The van der Waals surface area contributed by atoms with E-state index in [1.165, 1.54) is 6.07 Å². The maximum atomic E-state index is 12.5. The smallest absolute Gasteiger partial charge is 0.306 e. The van der Waals surface area contributed by atoms with Gasteiger partial charge in [-0.25, -0.2) is 9.36 Å². The van der Waals surface area contributed by atoms with E-state index in [4.69, 9.17) is 23.2 Å². The largest absolute Gasteiger partial charge is 0.333 e. The van der Waals surface area contributed by atoms with E-state index in [9.17, 15) is 9.59 Å². The van der Waals surface area contributed by atoms with Crippen LogP contribution < -0.4 is 11.2 Å². The topological polar surface area (TPSA) is 54.9 Å². The third-order valence-electron chi connectivity index (χ3n) is 3.21. The summed E-state index contributed by atoms with van der Waals surface area (Å²) < 4.78 is 1.04. The fourth-order valence-corrected chi connectivity index (χ4v) is 2.48. The highest BCUT2D eigenvalue weighted by Gasteiger charge is 2.10. The first kappa shape index (κ1) is 13.9. The minimum absolute atomic E-state index is 0.282. The van der Waals surface area contributed by atoms with Crippen LogP contribution in [0.2, 0.25) is 10.0 Å². The molecule has 0 amide bonds. The van der Waals surface area contributed by atoms with Crippen molar-refractivity contribution in [3.63, 3.8) is 0 Å². The molecule has 0 radical (unpaired) electrons. The predicted molar refractivity (Wildman–Crippen MR) is 84.9 cm³/mol. The molecule has 4 nitrogen and oxygen atoms in total. The van der Waals surface area contributed by atoms with Gasteiger partial charge >= 0.3 is 5.69 Å². The highest BCUT2D eigenvalue weighted by Crippen LogP contribution is 2.23. The van der Waals surface area contributed by atoms with Gasteiger partial charge in [-0.1, -0.05) is 29.3 Å². The molecular weight excluding hydrogens is 311 g/mol. The molecule has 21 heavy (non-hydrogen) atoms. The first-order chi connectivity index (χ1) is 9.97. The van der Waals surface area contributed by atoms with Crippen LogP contribution in [0.5, 0.6) is 0 Å². The van der Waals surface area contributed by atoms with Crippen LogP contribution in [0.4, 0.5) is 0 Å². The Morgan fingerprint density at radius 1 is 1.00 bits per heavy atom. The second kappa shape index (κ2) is 5.06. The Kier molecular flexibility index (Phi) is 3.35. The summed E-state index contributed by atoms with van der Waals surface area (Å²) in [5.74, 6) is 0. The Morgan fingerprint density at radius 2 is 1.76 bits per heavy atom. The van der Waals surface area contributed by atoms with Gasteiger partial charge in [-0.05, 0) is 42.8 Å². The number of benzene rings is 2. The molecule has 0 unspecified atom stereocenters. The maximum Gasteiger partial charge on any atom is 0.333 e. The molecule has 0 fully saturated rings. The Balaban J connectivity index is 2.38. The van der Waals surface area contributed by atoms with Crippen molar-refractivity contribution in [3.05, 3.63) is 72.8 Å². The molecule has 3 aromatic rings. The molecule has 0 saturated carbocycles. The van der Waals surface area contributed by atoms with Gasteiger partial charge < -0.3 is 4.98 Å². The van der Waals surface area contributed by atoms with E-state index in [0.717, 1.165) is 10.1 Å². The van der Waals surface area contributed by atoms with Gasteiger partial charge in [0.15, 0.2) is 0 Å². The van der Waals surface area contributed by atoms with Gasteiger partial charge in [0, 0.05) is 0 Å². The van der Waals surface area contributed by atoms with E-state index in [0.29, 0.717) is 21.6 Å². The van der Waals surface area contributed by atoms with Crippen molar-refractivity contribution in [1.82, 2.24) is 9.55 Å². The fourth-order valence-electron chi connectivity index (χ4n) is 2.19. The first-order valence-electron chi connectivity index (χ1n) is 6.18. The van der Waals surface area contributed by atoms with Crippen LogP contribution in [0.3, 0.4) is 0 Å². The minimum Gasteiger partial charge on any atom is -0.306 e. The van der Waals surface area contributed by atoms with Crippen LogP contribution in [0.25, 0.3) is 16.6 Å². The van der Waals surface area contributed by atoms with Gasteiger partial charge in [-0.2, -0.15) is 0 Å². The molecule has 106 valence electrons. The van der Waals surface area contributed by atoms with Gasteiger partial charge in [-0.3, -0.25) is 4.79 Å². The minimum atomic E-state index is -0.517. The number of nitrogens with zero attached hydrogens (tertiary/aromatic N) is 1. The SMILES string of the molecule is Cc1ccc2c(=O)n(-c3ccc(Cl)c(Cl)c3)c(=O)[nH]c2c1. The second-order valence-corrected chi connectivity index (χ2v) is 5.53. The van der Waals surface area contributed by atoms with Crippen LogP contribution in [-0.4, -0.2) is 9.55 Å². The van der Waals surface area contributed by atoms with Crippen LogP contribution in [0.15, 0.2) is 46.0 Å². The molecule has 0 aliphatic heterocycles. The number of aromatic amines is 1. The van der Waals surface area contributed by atoms with Crippen molar-refractivity contribution < 1.29 is 0 Å². The van der Waals surface area contributed by atoms with E-state index < -0.39 is 11.2 Å². The number of rotatable bonds is 1. The predicted octanol–water partition coefficient (Wildman–Crippen LogP) is 3.29. The Labute approximate surface area is 129 Å². The van der Waals surface area contributed by atoms with Gasteiger partial charge in [0.25, 0.3) is 5.56 Å². The quantitative estimate of drug-likeness (QED) is 0.748. The van der Waals surface area contributed by atoms with Crippen molar-refractivity contribution in [3.8, 4) is 5.69 Å². The lowest BCUT2D eigenvalue weighted by molar-refractivity contribution is 0.901. The lowest BCUT2D eigenvalue weighted by Gasteiger charge is -2.08. The standard InChI is InChI=1S/C15H10Cl2N2O2/c1-8-2-4-10-13(6-8)18-15(21)19(14(10)20)9-3-5-11(16)12(17)7-9/h2-7H,1H3,(H,18,21). The van der Waals surface area contributed by atoms with E-state index in [-0.39, 0.29) is 5.02 Å². The molecule has 1 heterocycles. The third kappa shape index (κ3) is 2.37. The summed E-state index contributed by atoms with van der Waals surface area (Å²) in [7, 11) is 0. The van der Waals surface area contributed by atoms with Crippen molar-refractivity contribution in [1.29, 1.82) is 0 Å². The van der Waals surface area contributed by atoms with Crippen molar-refractivity contribution in [2.75, 3.05) is 0 Å². The summed E-state index contributed by atoms with van der Waals surface area (Å²) in [5, 5.41) is 1.08. The molecule has 0 atom stereocenters. The molecular formula is C15H10Cl2N2O2. The number of hydrogen-bond acceptors (Lipinski definition) is 2. The van der Waals surface area contributed by atoms with E-state index in [2.05, 4.69) is 4.98 Å².